The Labute approximate surface area is 92.0 Å². The number of hydrogen-bond donors (Lipinski definition) is 1. The van der Waals surface area contributed by atoms with Crippen LogP contribution in [0, 0.1) is 0 Å². The van der Waals surface area contributed by atoms with Crippen molar-refractivity contribution >= 4 is 17.8 Å². The van der Waals surface area contributed by atoms with E-state index in [9.17, 15) is 14.4 Å². The van der Waals surface area contributed by atoms with Gasteiger partial charge in [-0.1, -0.05) is 0 Å². The summed E-state index contributed by atoms with van der Waals surface area (Å²) < 4.78 is 9.54. The van der Waals surface area contributed by atoms with Crippen LogP contribution in [0.4, 0.5) is 0 Å². The molecule has 1 rings (SSSR count). The third-order valence-corrected chi connectivity index (χ3v) is 1.86. The Morgan fingerprint density at radius 1 is 1.25 bits per heavy atom. The van der Waals surface area contributed by atoms with Crippen LogP contribution in [0.1, 0.15) is 0 Å². The molecule has 1 N–H and O–H groups in total. The molecule has 0 aliphatic carbocycles. The van der Waals surface area contributed by atoms with Gasteiger partial charge in [-0.05, 0) is 7.05 Å². The SMILES string of the molecule is CNC1(C(=O)N(C)C)OC(=O)C=CC(=O)O1. The number of likely N-dealkylation sites (N-methyl/N-ethyl adjacent to an activating group) is 2. The first-order valence-electron chi connectivity index (χ1n) is 4.46. The molecule has 88 valence electrons. The van der Waals surface area contributed by atoms with Crippen LogP contribution in [0.25, 0.3) is 0 Å². The van der Waals surface area contributed by atoms with Crippen LogP contribution in [-0.2, 0) is 23.9 Å². The van der Waals surface area contributed by atoms with Crippen LogP contribution in [0.5, 0.6) is 0 Å². The molecule has 0 bridgehead atoms. The van der Waals surface area contributed by atoms with E-state index in [-0.39, 0.29) is 0 Å². The number of nitrogens with one attached hydrogen (secondary N) is 1. The van der Waals surface area contributed by atoms with Gasteiger partial charge in [0.25, 0.3) is 0 Å². The number of rotatable bonds is 2. The minimum Gasteiger partial charge on any atom is -0.397 e. The van der Waals surface area contributed by atoms with E-state index >= 15 is 0 Å². The topological polar surface area (TPSA) is 84.9 Å². The molecule has 0 atom stereocenters. The summed E-state index contributed by atoms with van der Waals surface area (Å²) in [6, 6.07) is 0. The fraction of sp³-hybridized carbons (Fsp3) is 0.444. The van der Waals surface area contributed by atoms with E-state index in [1.165, 1.54) is 21.1 Å². The molecule has 0 aromatic rings. The molecule has 7 heteroatoms. The van der Waals surface area contributed by atoms with E-state index in [1.807, 2.05) is 0 Å². The van der Waals surface area contributed by atoms with Crippen molar-refractivity contribution in [2.24, 2.45) is 0 Å². The summed E-state index contributed by atoms with van der Waals surface area (Å²) in [6.07, 6.45) is 1.79. The average Bonchev–Trinajstić information content (AvgIpc) is 2.37. The zero-order valence-electron chi connectivity index (χ0n) is 9.14. The Kier molecular flexibility index (Phi) is 3.28. The van der Waals surface area contributed by atoms with Gasteiger partial charge in [-0.25, -0.2) is 14.9 Å². The fourth-order valence-corrected chi connectivity index (χ4v) is 1.10. The predicted octanol–water partition coefficient (Wildman–Crippen LogP) is -1.40. The number of carbonyl (C=O) groups is 3. The number of carbonyl (C=O) groups excluding carboxylic acids is 3. The van der Waals surface area contributed by atoms with Crippen LogP contribution in [0.15, 0.2) is 12.2 Å². The van der Waals surface area contributed by atoms with Crippen LogP contribution in [0.2, 0.25) is 0 Å². The van der Waals surface area contributed by atoms with Crippen LogP contribution in [0.3, 0.4) is 0 Å². The summed E-state index contributed by atoms with van der Waals surface area (Å²) in [7, 11) is 4.23. The standard InChI is InChI=1S/C9H12N2O5/c1-10-9(8(14)11(2)3)15-6(12)4-5-7(13)16-9/h4-5,10H,1-3H3. The van der Waals surface area contributed by atoms with E-state index in [0.29, 0.717) is 0 Å². The fourth-order valence-electron chi connectivity index (χ4n) is 1.10. The highest BCUT2D eigenvalue weighted by molar-refractivity contribution is 5.97. The van der Waals surface area contributed by atoms with Crippen molar-refractivity contribution in [1.82, 2.24) is 10.2 Å². The second-order valence-corrected chi connectivity index (χ2v) is 3.24. The number of esters is 2. The molecule has 1 aliphatic rings. The monoisotopic (exact) mass is 228 g/mol. The number of nitrogens with zero attached hydrogens (tertiary/aromatic N) is 1. The first-order chi connectivity index (χ1) is 7.41. The van der Waals surface area contributed by atoms with Crippen molar-refractivity contribution in [2.75, 3.05) is 21.1 Å². The molecule has 0 radical (unpaired) electrons. The highest BCUT2D eigenvalue weighted by Gasteiger charge is 2.47. The van der Waals surface area contributed by atoms with Gasteiger partial charge >= 0.3 is 23.8 Å². The molecule has 0 saturated heterocycles. The highest BCUT2D eigenvalue weighted by Crippen LogP contribution is 2.16. The molecule has 7 nitrogen and oxygen atoms in total. The lowest BCUT2D eigenvalue weighted by molar-refractivity contribution is -0.232. The maximum atomic E-state index is 11.8. The van der Waals surface area contributed by atoms with Gasteiger partial charge in [-0.15, -0.1) is 0 Å². The number of ether oxygens (including phenoxy) is 2. The van der Waals surface area contributed by atoms with Gasteiger partial charge in [0.2, 0.25) is 0 Å². The molecular weight excluding hydrogens is 216 g/mol. The van der Waals surface area contributed by atoms with Crippen molar-refractivity contribution in [2.45, 2.75) is 5.91 Å². The summed E-state index contributed by atoms with van der Waals surface area (Å²) in [5.41, 5.74) is 0. The quantitative estimate of drug-likeness (QED) is 0.585. The predicted molar refractivity (Wildman–Crippen MR) is 51.8 cm³/mol. The summed E-state index contributed by atoms with van der Waals surface area (Å²) in [5.74, 6) is -4.47. The minimum absolute atomic E-state index is 0.694. The van der Waals surface area contributed by atoms with Crippen molar-refractivity contribution in [3.8, 4) is 0 Å². The summed E-state index contributed by atoms with van der Waals surface area (Å²) in [6.45, 7) is 0. The van der Waals surface area contributed by atoms with Gasteiger partial charge in [0.1, 0.15) is 0 Å². The van der Waals surface area contributed by atoms with Crippen molar-refractivity contribution in [1.29, 1.82) is 0 Å². The van der Waals surface area contributed by atoms with E-state index in [1.54, 1.807) is 0 Å². The summed E-state index contributed by atoms with van der Waals surface area (Å²) >= 11 is 0. The minimum atomic E-state index is -2.10. The van der Waals surface area contributed by atoms with Gasteiger partial charge < -0.3 is 14.4 Å². The van der Waals surface area contributed by atoms with E-state index in [0.717, 1.165) is 17.1 Å². The van der Waals surface area contributed by atoms with E-state index < -0.39 is 23.8 Å². The van der Waals surface area contributed by atoms with Crippen LogP contribution in [-0.4, -0.2) is 49.8 Å². The molecule has 0 fully saturated rings. The lowest BCUT2D eigenvalue weighted by Gasteiger charge is -2.30. The van der Waals surface area contributed by atoms with Crippen LogP contribution >= 0.6 is 0 Å². The van der Waals surface area contributed by atoms with E-state index in [4.69, 9.17) is 9.47 Å². The van der Waals surface area contributed by atoms with Gasteiger partial charge in [-0.2, -0.15) is 0 Å². The molecule has 0 aromatic carbocycles. The maximum absolute atomic E-state index is 11.8. The molecule has 0 saturated carbocycles. The van der Waals surface area contributed by atoms with Gasteiger partial charge in [0.05, 0.1) is 0 Å². The summed E-state index contributed by atoms with van der Waals surface area (Å²) in [4.78, 5) is 35.3. The molecule has 1 heterocycles. The third kappa shape index (κ3) is 2.19. The molecule has 0 spiro atoms. The molecule has 0 unspecified atom stereocenters. The third-order valence-electron chi connectivity index (χ3n) is 1.86. The van der Waals surface area contributed by atoms with Gasteiger partial charge in [0.15, 0.2) is 0 Å². The Morgan fingerprint density at radius 3 is 2.00 bits per heavy atom. The zero-order chi connectivity index (χ0) is 12.3. The Morgan fingerprint density at radius 2 is 1.69 bits per heavy atom. The van der Waals surface area contributed by atoms with Gasteiger partial charge in [0, 0.05) is 26.2 Å². The average molecular weight is 228 g/mol. The second kappa shape index (κ2) is 4.31. The molecule has 1 aliphatic heterocycles. The number of hydrogen-bond acceptors (Lipinski definition) is 6. The lowest BCUT2D eigenvalue weighted by Crippen LogP contribution is -2.60. The van der Waals surface area contributed by atoms with Gasteiger partial charge in [-0.3, -0.25) is 4.79 Å². The molecule has 16 heavy (non-hydrogen) atoms. The first-order valence-corrected chi connectivity index (χ1v) is 4.46. The highest BCUT2D eigenvalue weighted by atomic mass is 16.8. The first kappa shape index (κ1) is 12.2. The molecule has 0 aromatic heterocycles. The smallest absolute Gasteiger partial charge is 0.397 e. The normalized spacial score (nSPS) is 18.4. The van der Waals surface area contributed by atoms with Crippen molar-refractivity contribution < 1.29 is 23.9 Å². The van der Waals surface area contributed by atoms with Crippen LogP contribution < -0.4 is 5.32 Å². The van der Waals surface area contributed by atoms with Crippen molar-refractivity contribution in [3.63, 3.8) is 0 Å². The maximum Gasteiger partial charge on any atom is 0.402 e. The molecule has 1 amide bonds. The largest absolute Gasteiger partial charge is 0.402 e. The second-order valence-electron chi connectivity index (χ2n) is 3.24. The Hall–Kier alpha value is -1.89. The molecular formula is C9H12N2O5. The Bertz CT molecular complexity index is 341. The van der Waals surface area contributed by atoms with E-state index in [2.05, 4.69) is 5.32 Å². The number of cyclic esters (lactones) is 2. The Balaban J connectivity index is 3.08. The summed E-state index contributed by atoms with van der Waals surface area (Å²) in [5, 5.41) is 2.38. The number of amides is 1. The lowest BCUT2D eigenvalue weighted by atomic mass is 10.4. The zero-order valence-corrected chi connectivity index (χ0v) is 9.14. The van der Waals surface area contributed by atoms with Crippen molar-refractivity contribution in [3.05, 3.63) is 12.2 Å².